The number of amides is 1. The second-order valence-corrected chi connectivity index (χ2v) is 7.66. The van der Waals surface area contributed by atoms with Gasteiger partial charge >= 0.3 is 0 Å². The SMILES string of the molecule is Cc1ccccc1N1CC[NH+](CC(=O)NCCc2c[nH]c3ccccc23)CC1. The molecule has 0 radical (unpaired) electrons. The molecule has 0 saturated carbocycles. The van der Waals surface area contributed by atoms with Gasteiger partial charge in [0.25, 0.3) is 5.91 Å². The average molecular weight is 378 g/mol. The molecule has 1 aromatic heterocycles. The summed E-state index contributed by atoms with van der Waals surface area (Å²) >= 11 is 0. The van der Waals surface area contributed by atoms with Crippen LogP contribution in [-0.4, -0.2) is 50.2 Å². The molecule has 2 aromatic carbocycles. The number of H-pyrrole nitrogens is 1. The number of hydrogen-bond acceptors (Lipinski definition) is 2. The van der Waals surface area contributed by atoms with Gasteiger partial charge in [0.1, 0.15) is 0 Å². The minimum Gasteiger partial charge on any atom is -0.361 e. The maximum atomic E-state index is 12.4. The fourth-order valence-electron chi connectivity index (χ4n) is 4.12. The molecule has 5 nitrogen and oxygen atoms in total. The van der Waals surface area contributed by atoms with Gasteiger partial charge in [0.2, 0.25) is 0 Å². The van der Waals surface area contributed by atoms with Gasteiger partial charge in [-0.1, -0.05) is 36.4 Å². The van der Waals surface area contributed by atoms with Crippen LogP contribution in [0.15, 0.2) is 54.7 Å². The number of benzene rings is 2. The molecule has 0 unspecified atom stereocenters. The molecular formula is C23H29N4O+. The minimum atomic E-state index is 0.152. The summed E-state index contributed by atoms with van der Waals surface area (Å²) < 4.78 is 0. The molecule has 1 aliphatic heterocycles. The van der Waals surface area contributed by atoms with Crippen LogP contribution >= 0.6 is 0 Å². The van der Waals surface area contributed by atoms with Gasteiger partial charge in [0, 0.05) is 29.3 Å². The first kappa shape index (κ1) is 18.6. The van der Waals surface area contributed by atoms with Crippen LogP contribution in [0.5, 0.6) is 0 Å². The second kappa shape index (κ2) is 8.48. The number of hydrogen-bond donors (Lipinski definition) is 3. The van der Waals surface area contributed by atoms with E-state index >= 15 is 0 Å². The highest BCUT2D eigenvalue weighted by atomic mass is 16.2. The quantitative estimate of drug-likeness (QED) is 0.610. The smallest absolute Gasteiger partial charge is 0.275 e. The van der Waals surface area contributed by atoms with Gasteiger partial charge in [0.05, 0.1) is 26.2 Å². The van der Waals surface area contributed by atoms with Crippen molar-refractivity contribution in [1.82, 2.24) is 10.3 Å². The van der Waals surface area contributed by atoms with E-state index in [0.717, 1.165) is 38.1 Å². The first-order valence-corrected chi connectivity index (χ1v) is 10.2. The van der Waals surface area contributed by atoms with E-state index in [9.17, 15) is 4.79 Å². The molecule has 1 aliphatic rings. The Kier molecular flexibility index (Phi) is 5.63. The number of rotatable bonds is 6. The van der Waals surface area contributed by atoms with Gasteiger partial charge in [-0.3, -0.25) is 4.79 Å². The standard InChI is InChI=1S/C23H28N4O/c1-18-6-2-5-9-22(18)27-14-12-26(13-15-27)17-23(28)24-11-10-19-16-25-21-8-4-3-7-20(19)21/h2-9,16,25H,10-15,17H2,1H3,(H,24,28)/p+1. The lowest BCUT2D eigenvalue weighted by molar-refractivity contribution is -0.892. The van der Waals surface area contributed by atoms with Crippen LogP contribution in [0.3, 0.4) is 0 Å². The van der Waals surface area contributed by atoms with E-state index in [2.05, 4.69) is 64.6 Å². The number of carbonyl (C=O) groups excluding carboxylic acids is 1. The highest BCUT2D eigenvalue weighted by Gasteiger charge is 2.22. The molecule has 3 N–H and O–H groups in total. The number of anilines is 1. The van der Waals surface area contributed by atoms with Crippen molar-refractivity contribution in [2.45, 2.75) is 13.3 Å². The number of fused-ring (bicyclic) bond motifs is 1. The highest BCUT2D eigenvalue weighted by Crippen LogP contribution is 2.19. The van der Waals surface area contributed by atoms with E-state index < -0.39 is 0 Å². The lowest BCUT2D eigenvalue weighted by Gasteiger charge is -2.34. The molecule has 1 fully saturated rings. The molecule has 1 saturated heterocycles. The molecule has 3 aromatic rings. The summed E-state index contributed by atoms with van der Waals surface area (Å²) in [5.41, 5.74) is 5.06. The van der Waals surface area contributed by atoms with Crippen LogP contribution in [0.1, 0.15) is 11.1 Å². The van der Waals surface area contributed by atoms with Crippen molar-refractivity contribution >= 4 is 22.5 Å². The minimum absolute atomic E-state index is 0.152. The molecule has 0 spiro atoms. The Morgan fingerprint density at radius 3 is 2.68 bits per heavy atom. The lowest BCUT2D eigenvalue weighted by Crippen LogP contribution is -3.16. The first-order valence-electron chi connectivity index (χ1n) is 10.2. The maximum absolute atomic E-state index is 12.4. The van der Waals surface area contributed by atoms with Gasteiger partial charge in [-0.05, 0) is 36.6 Å². The van der Waals surface area contributed by atoms with Crippen molar-refractivity contribution in [3.8, 4) is 0 Å². The largest absolute Gasteiger partial charge is 0.361 e. The molecule has 0 atom stereocenters. The Labute approximate surface area is 166 Å². The number of quaternary nitrogens is 1. The molecule has 146 valence electrons. The van der Waals surface area contributed by atoms with E-state index in [1.807, 2.05) is 12.3 Å². The summed E-state index contributed by atoms with van der Waals surface area (Å²) in [7, 11) is 0. The van der Waals surface area contributed by atoms with Crippen molar-refractivity contribution in [3.63, 3.8) is 0 Å². The molecule has 2 heterocycles. The molecule has 0 aliphatic carbocycles. The van der Waals surface area contributed by atoms with Gasteiger partial charge in [-0.25, -0.2) is 0 Å². The van der Waals surface area contributed by atoms with Gasteiger partial charge < -0.3 is 20.1 Å². The lowest BCUT2D eigenvalue weighted by atomic mass is 10.1. The number of carbonyl (C=O) groups is 1. The van der Waals surface area contributed by atoms with E-state index in [0.29, 0.717) is 13.1 Å². The first-order chi connectivity index (χ1) is 13.7. The monoisotopic (exact) mass is 377 g/mol. The van der Waals surface area contributed by atoms with Crippen molar-refractivity contribution in [2.75, 3.05) is 44.2 Å². The van der Waals surface area contributed by atoms with Crippen LogP contribution in [-0.2, 0) is 11.2 Å². The molecule has 0 bridgehead atoms. The fourth-order valence-corrected chi connectivity index (χ4v) is 4.12. The number of aryl methyl sites for hydroxylation is 1. The summed E-state index contributed by atoms with van der Waals surface area (Å²) in [6, 6.07) is 16.8. The second-order valence-electron chi connectivity index (χ2n) is 7.66. The molecular weight excluding hydrogens is 348 g/mol. The van der Waals surface area contributed by atoms with Crippen LogP contribution in [0, 0.1) is 6.92 Å². The van der Waals surface area contributed by atoms with E-state index in [1.165, 1.54) is 27.1 Å². The van der Waals surface area contributed by atoms with E-state index in [4.69, 9.17) is 0 Å². The predicted octanol–water partition coefficient (Wildman–Crippen LogP) is 1.54. The number of aromatic amines is 1. The number of nitrogens with one attached hydrogen (secondary N) is 3. The summed E-state index contributed by atoms with van der Waals surface area (Å²) in [5, 5.41) is 4.34. The Hall–Kier alpha value is -2.79. The zero-order chi connectivity index (χ0) is 19.3. The number of aromatic nitrogens is 1. The molecule has 1 amide bonds. The van der Waals surface area contributed by atoms with Crippen molar-refractivity contribution in [3.05, 3.63) is 65.9 Å². The van der Waals surface area contributed by atoms with Gasteiger partial charge in [0.15, 0.2) is 6.54 Å². The normalized spacial score (nSPS) is 15.1. The van der Waals surface area contributed by atoms with Crippen LogP contribution in [0.2, 0.25) is 0 Å². The van der Waals surface area contributed by atoms with Crippen LogP contribution in [0.4, 0.5) is 5.69 Å². The number of nitrogens with zero attached hydrogens (tertiary/aromatic N) is 1. The zero-order valence-corrected chi connectivity index (χ0v) is 16.5. The summed E-state index contributed by atoms with van der Waals surface area (Å²) in [4.78, 5) is 19.5. The molecule has 4 rings (SSSR count). The Morgan fingerprint density at radius 2 is 1.86 bits per heavy atom. The van der Waals surface area contributed by atoms with Gasteiger partial charge in [-0.2, -0.15) is 0 Å². The molecule has 28 heavy (non-hydrogen) atoms. The van der Waals surface area contributed by atoms with E-state index in [-0.39, 0.29) is 5.91 Å². The third kappa shape index (κ3) is 4.20. The maximum Gasteiger partial charge on any atom is 0.275 e. The molecule has 5 heteroatoms. The third-order valence-corrected chi connectivity index (χ3v) is 5.73. The van der Waals surface area contributed by atoms with Crippen molar-refractivity contribution in [1.29, 1.82) is 0 Å². The Balaban J connectivity index is 1.21. The van der Waals surface area contributed by atoms with Gasteiger partial charge in [-0.15, -0.1) is 0 Å². The third-order valence-electron chi connectivity index (χ3n) is 5.73. The predicted molar refractivity (Wildman–Crippen MR) is 114 cm³/mol. The van der Waals surface area contributed by atoms with Crippen molar-refractivity contribution in [2.24, 2.45) is 0 Å². The summed E-state index contributed by atoms with van der Waals surface area (Å²) in [6.07, 6.45) is 2.90. The van der Waals surface area contributed by atoms with Crippen LogP contribution < -0.4 is 15.1 Å². The average Bonchev–Trinajstić information content (AvgIpc) is 3.12. The Morgan fingerprint density at radius 1 is 1.11 bits per heavy atom. The topological polar surface area (TPSA) is 52.6 Å². The van der Waals surface area contributed by atoms with Crippen molar-refractivity contribution < 1.29 is 9.69 Å². The summed E-state index contributed by atoms with van der Waals surface area (Å²) in [6.45, 7) is 7.43. The highest BCUT2D eigenvalue weighted by molar-refractivity contribution is 5.83. The number of para-hydroxylation sites is 2. The summed E-state index contributed by atoms with van der Waals surface area (Å²) in [5.74, 6) is 0.152. The fraction of sp³-hybridized carbons (Fsp3) is 0.348. The zero-order valence-electron chi connectivity index (χ0n) is 16.5. The Bertz CT molecular complexity index is 940. The van der Waals surface area contributed by atoms with Crippen LogP contribution in [0.25, 0.3) is 10.9 Å². The van der Waals surface area contributed by atoms with E-state index in [1.54, 1.807) is 0 Å². The number of piperazine rings is 1.